The minimum absolute atomic E-state index is 0.237. The molecule has 0 radical (unpaired) electrons. The molecule has 1 aliphatic heterocycles. The van der Waals surface area contributed by atoms with E-state index in [0.717, 1.165) is 19.5 Å². The van der Waals surface area contributed by atoms with Gasteiger partial charge in [0.2, 0.25) is 5.91 Å². The van der Waals surface area contributed by atoms with Crippen LogP contribution in [0.15, 0.2) is 0 Å². The quantitative estimate of drug-likeness (QED) is 0.775. The Hall–Kier alpha value is -0.570. The SMILES string of the molecule is CN1CCC[C@@H](C(=O)NC2CCCCC2)C1. The Balaban J connectivity index is 1.77. The third kappa shape index (κ3) is 3.21. The van der Waals surface area contributed by atoms with E-state index in [1.54, 1.807) is 0 Å². The summed E-state index contributed by atoms with van der Waals surface area (Å²) >= 11 is 0. The smallest absolute Gasteiger partial charge is 0.224 e. The van der Waals surface area contributed by atoms with E-state index in [9.17, 15) is 4.79 Å². The van der Waals surface area contributed by atoms with Crippen molar-refractivity contribution in [2.24, 2.45) is 5.92 Å². The molecule has 2 fully saturated rings. The lowest BCUT2D eigenvalue weighted by atomic mass is 9.93. The van der Waals surface area contributed by atoms with Crippen molar-refractivity contribution in [1.29, 1.82) is 0 Å². The Morgan fingerprint density at radius 2 is 1.88 bits per heavy atom. The first kappa shape index (κ1) is 11.9. The summed E-state index contributed by atoms with van der Waals surface area (Å²) in [6, 6.07) is 0.466. The van der Waals surface area contributed by atoms with E-state index in [2.05, 4.69) is 17.3 Å². The van der Waals surface area contributed by atoms with Gasteiger partial charge in [0, 0.05) is 12.6 Å². The fourth-order valence-electron chi connectivity index (χ4n) is 2.95. The van der Waals surface area contributed by atoms with Gasteiger partial charge in [0.1, 0.15) is 0 Å². The number of likely N-dealkylation sites (tertiary alicyclic amines) is 1. The van der Waals surface area contributed by atoms with E-state index in [0.29, 0.717) is 11.9 Å². The van der Waals surface area contributed by atoms with E-state index < -0.39 is 0 Å². The lowest BCUT2D eigenvalue weighted by molar-refractivity contribution is -0.127. The van der Waals surface area contributed by atoms with Crippen LogP contribution in [-0.2, 0) is 4.79 Å². The van der Waals surface area contributed by atoms with Gasteiger partial charge in [-0.15, -0.1) is 0 Å². The Bertz CT molecular complexity index is 236. The number of piperidine rings is 1. The summed E-state index contributed by atoms with van der Waals surface area (Å²) < 4.78 is 0. The Kier molecular flexibility index (Phi) is 4.22. The second-order valence-electron chi connectivity index (χ2n) is 5.44. The van der Waals surface area contributed by atoms with Gasteiger partial charge in [-0.1, -0.05) is 19.3 Å². The predicted molar refractivity (Wildman–Crippen MR) is 65.2 cm³/mol. The standard InChI is InChI=1S/C13H24N2O/c1-15-9-5-6-11(10-15)13(16)14-12-7-3-2-4-8-12/h11-12H,2-10H2,1H3,(H,14,16)/t11-/m1/s1. The molecular formula is C13H24N2O. The van der Waals surface area contributed by atoms with Gasteiger partial charge >= 0.3 is 0 Å². The maximum atomic E-state index is 12.1. The van der Waals surface area contributed by atoms with Gasteiger partial charge < -0.3 is 10.2 Å². The third-order valence-corrected chi connectivity index (χ3v) is 3.95. The average molecular weight is 224 g/mol. The van der Waals surface area contributed by atoms with Crippen LogP contribution in [0.4, 0.5) is 0 Å². The molecule has 0 aromatic carbocycles. The zero-order valence-electron chi connectivity index (χ0n) is 10.4. The van der Waals surface area contributed by atoms with Crippen molar-refractivity contribution in [2.75, 3.05) is 20.1 Å². The monoisotopic (exact) mass is 224 g/mol. The number of rotatable bonds is 2. The van der Waals surface area contributed by atoms with Crippen LogP contribution in [0, 0.1) is 5.92 Å². The molecule has 1 aliphatic carbocycles. The lowest BCUT2D eigenvalue weighted by Gasteiger charge is -2.31. The first-order valence-corrected chi connectivity index (χ1v) is 6.74. The summed E-state index contributed by atoms with van der Waals surface area (Å²) in [4.78, 5) is 14.3. The van der Waals surface area contributed by atoms with Crippen molar-refractivity contribution in [3.8, 4) is 0 Å². The molecule has 1 amide bonds. The molecule has 1 heterocycles. The van der Waals surface area contributed by atoms with E-state index >= 15 is 0 Å². The highest BCUT2D eigenvalue weighted by Gasteiger charge is 2.25. The highest BCUT2D eigenvalue weighted by molar-refractivity contribution is 5.79. The summed E-state index contributed by atoms with van der Waals surface area (Å²) in [5, 5.41) is 3.24. The Morgan fingerprint density at radius 1 is 1.12 bits per heavy atom. The van der Waals surface area contributed by atoms with Crippen molar-refractivity contribution in [2.45, 2.75) is 51.0 Å². The van der Waals surface area contributed by atoms with E-state index in [4.69, 9.17) is 0 Å². The van der Waals surface area contributed by atoms with Gasteiger partial charge in [-0.25, -0.2) is 0 Å². The summed E-state index contributed by atoms with van der Waals surface area (Å²) in [5.74, 6) is 0.541. The molecule has 1 saturated heterocycles. The highest BCUT2D eigenvalue weighted by Crippen LogP contribution is 2.20. The molecule has 3 heteroatoms. The van der Waals surface area contributed by atoms with Gasteiger partial charge in [0.25, 0.3) is 0 Å². The maximum absolute atomic E-state index is 12.1. The highest BCUT2D eigenvalue weighted by atomic mass is 16.2. The second-order valence-corrected chi connectivity index (χ2v) is 5.44. The van der Waals surface area contributed by atoms with Crippen LogP contribution in [0.3, 0.4) is 0 Å². The third-order valence-electron chi connectivity index (χ3n) is 3.95. The van der Waals surface area contributed by atoms with Crippen LogP contribution in [-0.4, -0.2) is 37.0 Å². The minimum atomic E-state index is 0.237. The maximum Gasteiger partial charge on any atom is 0.224 e. The molecule has 0 bridgehead atoms. The van der Waals surface area contributed by atoms with Crippen molar-refractivity contribution < 1.29 is 4.79 Å². The molecule has 0 aromatic rings. The Labute approximate surface area is 98.6 Å². The molecule has 92 valence electrons. The largest absolute Gasteiger partial charge is 0.353 e. The fourth-order valence-corrected chi connectivity index (χ4v) is 2.95. The molecular weight excluding hydrogens is 200 g/mol. The predicted octanol–water partition coefficient (Wildman–Crippen LogP) is 1.78. The van der Waals surface area contributed by atoms with Crippen LogP contribution in [0.2, 0.25) is 0 Å². The van der Waals surface area contributed by atoms with Crippen LogP contribution in [0.1, 0.15) is 44.9 Å². The van der Waals surface area contributed by atoms with E-state index in [-0.39, 0.29) is 5.92 Å². The number of nitrogens with one attached hydrogen (secondary N) is 1. The number of hydrogen-bond donors (Lipinski definition) is 1. The summed E-state index contributed by atoms with van der Waals surface area (Å²) in [7, 11) is 2.11. The van der Waals surface area contributed by atoms with Crippen molar-refractivity contribution in [3.05, 3.63) is 0 Å². The number of carbonyl (C=O) groups excluding carboxylic acids is 1. The number of nitrogens with zero attached hydrogens (tertiary/aromatic N) is 1. The van der Waals surface area contributed by atoms with Gasteiger partial charge in [0.15, 0.2) is 0 Å². The topological polar surface area (TPSA) is 32.3 Å². The molecule has 16 heavy (non-hydrogen) atoms. The summed E-state index contributed by atoms with van der Waals surface area (Å²) in [5.41, 5.74) is 0. The van der Waals surface area contributed by atoms with Crippen LogP contribution in [0.5, 0.6) is 0 Å². The van der Waals surface area contributed by atoms with Crippen LogP contribution in [0.25, 0.3) is 0 Å². The van der Waals surface area contributed by atoms with Crippen molar-refractivity contribution in [3.63, 3.8) is 0 Å². The Morgan fingerprint density at radius 3 is 2.56 bits per heavy atom. The molecule has 0 unspecified atom stereocenters. The van der Waals surface area contributed by atoms with Gasteiger partial charge in [-0.3, -0.25) is 4.79 Å². The van der Waals surface area contributed by atoms with E-state index in [1.165, 1.54) is 38.5 Å². The molecule has 3 nitrogen and oxygen atoms in total. The van der Waals surface area contributed by atoms with Gasteiger partial charge in [-0.2, -0.15) is 0 Å². The van der Waals surface area contributed by atoms with E-state index in [1.807, 2.05) is 0 Å². The number of amides is 1. The zero-order chi connectivity index (χ0) is 11.4. The lowest BCUT2D eigenvalue weighted by Crippen LogP contribution is -2.45. The molecule has 1 saturated carbocycles. The first-order valence-electron chi connectivity index (χ1n) is 6.74. The van der Waals surface area contributed by atoms with Gasteiger partial charge in [-0.05, 0) is 39.3 Å². The summed E-state index contributed by atoms with van der Waals surface area (Å²) in [6.07, 6.45) is 8.54. The second kappa shape index (κ2) is 5.67. The summed E-state index contributed by atoms with van der Waals surface area (Å²) in [6.45, 7) is 2.09. The fraction of sp³-hybridized carbons (Fsp3) is 0.923. The van der Waals surface area contributed by atoms with Crippen LogP contribution < -0.4 is 5.32 Å². The molecule has 1 N–H and O–H groups in total. The molecule has 1 atom stereocenters. The normalized spacial score (nSPS) is 28.9. The molecule has 0 spiro atoms. The van der Waals surface area contributed by atoms with Crippen molar-refractivity contribution in [1.82, 2.24) is 10.2 Å². The molecule has 2 aliphatic rings. The zero-order valence-corrected chi connectivity index (χ0v) is 10.4. The number of hydrogen-bond acceptors (Lipinski definition) is 2. The molecule has 0 aromatic heterocycles. The van der Waals surface area contributed by atoms with Crippen LogP contribution >= 0.6 is 0 Å². The van der Waals surface area contributed by atoms with Gasteiger partial charge in [0.05, 0.1) is 5.92 Å². The number of carbonyl (C=O) groups is 1. The average Bonchev–Trinajstić information content (AvgIpc) is 2.30. The minimum Gasteiger partial charge on any atom is -0.353 e. The van der Waals surface area contributed by atoms with Crippen molar-refractivity contribution >= 4 is 5.91 Å². The molecule has 2 rings (SSSR count). The first-order chi connectivity index (χ1) is 7.75.